The first-order valence-electron chi connectivity index (χ1n) is 4.29. The molecule has 2 unspecified atom stereocenters. The van der Waals surface area contributed by atoms with Crippen molar-refractivity contribution in [1.82, 2.24) is 5.32 Å². The molecule has 3 heteroatoms. The number of hydrogen-bond acceptors (Lipinski definition) is 3. The molecular weight excluding hydrogens is 152 g/mol. The van der Waals surface area contributed by atoms with E-state index in [4.69, 9.17) is 10.2 Å². The van der Waals surface area contributed by atoms with Gasteiger partial charge in [0, 0.05) is 25.0 Å². The lowest BCUT2D eigenvalue weighted by atomic mass is 9.96. The summed E-state index contributed by atoms with van der Waals surface area (Å²) in [5.41, 5.74) is 7.19. The predicted molar refractivity (Wildman–Crippen MR) is 47.0 cm³/mol. The Morgan fingerprint density at radius 2 is 2.42 bits per heavy atom. The molecule has 66 valence electrons. The Labute approximate surface area is 71.9 Å². The summed E-state index contributed by atoms with van der Waals surface area (Å²) in [6.07, 6.45) is 1.73. The minimum absolute atomic E-state index is 0.237. The maximum atomic E-state index is 5.93. The lowest BCUT2D eigenvalue weighted by Crippen LogP contribution is -2.27. The normalized spacial score (nSPS) is 29.5. The fraction of sp³-hybridized carbons (Fsp3) is 0.556. The third-order valence-corrected chi connectivity index (χ3v) is 2.56. The Kier molecular flexibility index (Phi) is 1.90. The molecule has 1 aliphatic rings. The first-order valence-corrected chi connectivity index (χ1v) is 4.29. The lowest BCUT2D eigenvalue weighted by Gasteiger charge is -2.12. The number of nitrogens with one attached hydrogen (secondary N) is 1. The van der Waals surface area contributed by atoms with E-state index in [0.717, 1.165) is 18.8 Å². The minimum atomic E-state index is 0.237. The largest absolute Gasteiger partial charge is 0.469 e. The van der Waals surface area contributed by atoms with E-state index in [-0.39, 0.29) is 6.04 Å². The maximum Gasteiger partial charge on any atom is 0.104 e. The smallest absolute Gasteiger partial charge is 0.104 e. The highest BCUT2D eigenvalue weighted by Crippen LogP contribution is 2.25. The zero-order valence-electron chi connectivity index (χ0n) is 7.21. The van der Waals surface area contributed by atoms with Crippen LogP contribution in [-0.4, -0.2) is 19.1 Å². The van der Waals surface area contributed by atoms with Gasteiger partial charge in [-0.1, -0.05) is 0 Å². The third-order valence-electron chi connectivity index (χ3n) is 2.56. The van der Waals surface area contributed by atoms with E-state index in [1.165, 1.54) is 5.56 Å². The monoisotopic (exact) mass is 166 g/mol. The Hall–Kier alpha value is -0.800. The number of hydrogen-bond donors (Lipinski definition) is 2. The zero-order valence-corrected chi connectivity index (χ0v) is 7.21. The van der Waals surface area contributed by atoms with Crippen LogP contribution in [0.5, 0.6) is 0 Å². The van der Waals surface area contributed by atoms with Crippen molar-refractivity contribution in [2.75, 3.05) is 13.1 Å². The summed E-state index contributed by atoms with van der Waals surface area (Å²) in [7, 11) is 0. The summed E-state index contributed by atoms with van der Waals surface area (Å²) in [5.74, 6) is 1.43. The van der Waals surface area contributed by atoms with Gasteiger partial charge in [-0.05, 0) is 18.6 Å². The van der Waals surface area contributed by atoms with E-state index in [9.17, 15) is 0 Å². The number of rotatable bonds is 1. The number of nitrogens with two attached hydrogens (primary N) is 1. The molecule has 0 radical (unpaired) electrons. The molecule has 1 aromatic heterocycles. The van der Waals surface area contributed by atoms with Gasteiger partial charge in [0.2, 0.25) is 0 Å². The van der Waals surface area contributed by atoms with Crippen molar-refractivity contribution in [3.8, 4) is 0 Å². The van der Waals surface area contributed by atoms with Gasteiger partial charge in [0.1, 0.15) is 5.76 Å². The van der Waals surface area contributed by atoms with Gasteiger partial charge in [-0.2, -0.15) is 0 Å². The predicted octanol–water partition coefficient (Wildman–Crippen LogP) is 0.602. The first-order chi connectivity index (χ1) is 5.79. The van der Waals surface area contributed by atoms with Crippen molar-refractivity contribution < 1.29 is 4.42 Å². The van der Waals surface area contributed by atoms with Crippen molar-refractivity contribution in [2.24, 2.45) is 5.73 Å². The highest BCUT2D eigenvalue weighted by molar-refractivity contribution is 5.24. The van der Waals surface area contributed by atoms with Gasteiger partial charge >= 0.3 is 0 Å². The molecule has 0 aromatic carbocycles. The third kappa shape index (κ3) is 1.15. The SMILES string of the molecule is Cc1occc1C1CNCC1N. The van der Waals surface area contributed by atoms with Crippen LogP contribution < -0.4 is 11.1 Å². The Bertz CT molecular complexity index is 269. The van der Waals surface area contributed by atoms with Gasteiger partial charge < -0.3 is 15.5 Å². The van der Waals surface area contributed by atoms with E-state index < -0.39 is 0 Å². The van der Waals surface area contributed by atoms with Gasteiger partial charge in [-0.15, -0.1) is 0 Å². The van der Waals surface area contributed by atoms with Gasteiger partial charge in [-0.3, -0.25) is 0 Å². The Balaban J connectivity index is 2.24. The van der Waals surface area contributed by atoms with E-state index in [1.54, 1.807) is 6.26 Å². The molecule has 0 amide bonds. The molecule has 2 heterocycles. The molecule has 3 nitrogen and oxygen atoms in total. The summed E-state index contributed by atoms with van der Waals surface area (Å²) in [4.78, 5) is 0. The Morgan fingerprint density at radius 1 is 1.58 bits per heavy atom. The van der Waals surface area contributed by atoms with Crippen LogP contribution in [0.2, 0.25) is 0 Å². The summed E-state index contributed by atoms with van der Waals surface area (Å²) in [6.45, 7) is 3.87. The van der Waals surface area contributed by atoms with Gasteiger partial charge in [-0.25, -0.2) is 0 Å². The topological polar surface area (TPSA) is 51.2 Å². The molecule has 1 aromatic rings. The number of aryl methyl sites for hydroxylation is 1. The summed E-state index contributed by atoms with van der Waals surface area (Å²) < 4.78 is 5.24. The van der Waals surface area contributed by atoms with Crippen molar-refractivity contribution in [2.45, 2.75) is 18.9 Å². The second-order valence-corrected chi connectivity index (χ2v) is 3.36. The first kappa shape index (κ1) is 7.83. The molecule has 0 saturated carbocycles. The second-order valence-electron chi connectivity index (χ2n) is 3.36. The highest BCUT2D eigenvalue weighted by atomic mass is 16.3. The van der Waals surface area contributed by atoms with Crippen molar-refractivity contribution >= 4 is 0 Å². The van der Waals surface area contributed by atoms with Gasteiger partial charge in [0.05, 0.1) is 6.26 Å². The second kappa shape index (κ2) is 2.92. The molecule has 2 rings (SSSR count). The summed E-state index contributed by atoms with van der Waals surface area (Å²) in [6, 6.07) is 2.26. The van der Waals surface area contributed by atoms with Crippen LogP contribution >= 0.6 is 0 Å². The van der Waals surface area contributed by atoms with Crippen molar-refractivity contribution in [3.05, 3.63) is 23.7 Å². The van der Waals surface area contributed by atoms with Crippen LogP contribution in [0.4, 0.5) is 0 Å². The molecule has 1 aliphatic heterocycles. The average molecular weight is 166 g/mol. The zero-order chi connectivity index (χ0) is 8.55. The van der Waals surface area contributed by atoms with Crippen LogP contribution in [0.1, 0.15) is 17.2 Å². The molecule has 3 N–H and O–H groups in total. The minimum Gasteiger partial charge on any atom is -0.469 e. The van der Waals surface area contributed by atoms with Gasteiger partial charge in [0.15, 0.2) is 0 Å². The molecule has 1 saturated heterocycles. The fourth-order valence-corrected chi connectivity index (χ4v) is 1.82. The molecule has 0 bridgehead atoms. The van der Waals surface area contributed by atoms with E-state index in [0.29, 0.717) is 5.92 Å². The van der Waals surface area contributed by atoms with E-state index >= 15 is 0 Å². The molecule has 0 spiro atoms. The molecule has 2 atom stereocenters. The van der Waals surface area contributed by atoms with Crippen LogP contribution in [0.3, 0.4) is 0 Å². The molecular formula is C9H14N2O. The highest BCUT2D eigenvalue weighted by Gasteiger charge is 2.27. The van der Waals surface area contributed by atoms with Crippen LogP contribution in [0.15, 0.2) is 16.7 Å². The van der Waals surface area contributed by atoms with Crippen molar-refractivity contribution in [3.63, 3.8) is 0 Å². The summed E-state index contributed by atoms with van der Waals surface area (Å²) in [5, 5.41) is 3.27. The van der Waals surface area contributed by atoms with Crippen LogP contribution in [0, 0.1) is 6.92 Å². The molecule has 0 aliphatic carbocycles. The Morgan fingerprint density at radius 3 is 2.92 bits per heavy atom. The summed E-state index contributed by atoms with van der Waals surface area (Å²) >= 11 is 0. The standard InChI is InChI=1S/C9H14N2O/c1-6-7(2-3-12-6)8-4-11-5-9(8)10/h2-3,8-9,11H,4-5,10H2,1H3. The van der Waals surface area contributed by atoms with Gasteiger partial charge in [0.25, 0.3) is 0 Å². The quantitative estimate of drug-likeness (QED) is 0.642. The van der Waals surface area contributed by atoms with Crippen LogP contribution in [-0.2, 0) is 0 Å². The van der Waals surface area contributed by atoms with Crippen LogP contribution in [0.25, 0.3) is 0 Å². The maximum absolute atomic E-state index is 5.93. The average Bonchev–Trinajstić information content (AvgIpc) is 2.59. The lowest BCUT2D eigenvalue weighted by molar-refractivity contribution is 0.521. The fourth-order valence-electron chi connectivity index (χ4n) is 1.82. The molecule has 12 heavy (non-hydrogen) atoms. The molecule has 1 fully saturated rings. The van der Waals surface area contributed by atoms with E-state index in [1.807, 2.05) is 13.0 Å². The number of furan rings is 1. The van der Waals surface area contributed by atoms with Crippen molar-refractivity contribution in [1.29, 1.82) is 0 Å². The van der Waals surface area contributed by atoms with E-state index in [2.05, 4.69) is 5.32 Å².